The molecule has 0 aliphatic carbocycles. The van der Waals surface area contributed by atoms with Crippen LogP contribution in [0.5, 0.6) is 0 Å². The Morgan fingerprint density at radius 1 is 1.31 bits per heavy atom. The fraction of sp³-hybridized carbons (Fsp3) is 0.417. The maximum absolute atomic E-state index is 11.6. The lowest BCUT2D eigenvalue weighted by molar-refractivity contribution is -0.134. The molecule has 0 aromatic carbocycles. The van der Waals surface area contributed by atoms with Gasteiger partial charge in [-0.05, 0) is 31.9 Å². The van der Waals surface area contributed by atoms with Gasteiger partial charge in [-0.2, -0.15) is 0 Å². The number of piperidine rings is 1. The first-order valence-electron chi connectivity index (χ1n) is 5.36. The Hall–Kier alpha value is -1.71. The number of hydrogen-bond donors (Lipinski definition) is 1. The van der Waals surface area contributed by atoms with Crippen molar-refractivity contribution in [3.63, 3.8) is 0 Å². The first-order chi connectivity index (χ1) is 7.58. The van der Waals surface area contributed by atoms with Crippen molar-refractivity contribution in [2.75, 3.05) is 0 Å². The lowest BCUT2D eigenvalue weighted by Crippen LogP contribution is -2.39. The van der Waals surface area contributed by atoms with Gasteiger partial charge in [-0.25, -0.2) is 0 Å². The zero-order valence-electron chi connectivity index (χ0n) is 9.41. The monoisotopic (exact) mass is 218 g/mol. The first-order valence-corrected chi connectivity index (χ1v) is 5.36. The van der Waals surface area contributed by atoms with Crippen molar-refractivity contribution in [1.82, 2.24) is 10.3 Å². The molecule has 1 fully saturated rings. The normalized spacial score (nSPS) is 20.8. The second-order valence-corrected chi connectivity index (χ2v) is 4.14. The van der Waals surface area contributed by atoms with Crippen LogP contribution in [-0.2, 0) is 9.59 Å². The molecule has 0 saturated carbocycles. The van der Waals surface area contributed by atoms with E-state index in [2.05, 4.69) is 10.3 Å². The topological polar surface area (TPSA) is 59.1 Å². The summed E-state index contributed by atoms with van der Waals surface area (Å²) in [5, 5.41) is 2.34. The fourth-order valence-corrected chi connectivity index (χ4v) is 1.82. The van der Waals surface area contributed by atoms with Gasteiger partial charge in [0.1, 0.15) is 0 Å². The van der Waals surface area contributed by atoms with Gasteiger partial charge >= 0.3 is 0 Å². The van der Waals surface area contributed by atoms with E-state index in [1.807, 2.05) is 26.0 Å². The van der Waals surface area contributed by atoms with Gasteiger partial charge in [-0.3, -0.25) is 19.9 Å². The number of aryl methyl sites for hydroxylation is 2. The molecule has 0 radical (unpaired) electrons. The summed E-state index contributed by atoms with van der Waals surface area (Å²) < 4.78 is 0. The fourth-order valence-electron chi connectivity index (χ4n) is 1.82. The van der Waals surface area contributed by atoms with Gasteiger partial charge in [0.15, 0.2) is 0 Å². The zero-order chi connectivity index (χ0) is 11.7. The number of carbonyl (C=O) groups is 2. The second kappa shape index (κ2) is 4.04. The van der Waals surface area contributed by atoms with Crippen molar-refractivity contribution in [2.24, 2.45) is 0 Å². The van der Waals surface area contributed by atoms with E-state index < -0.39 is 0 Å². The quantitative estimate of drug-likeness (QED) is 0.721. The highest BCUT2D eigenvalue weighted by Gasteiger charge is 2.28. The highest BCUT2D eigenvalue weighted by molar-refractivity contribution is 6.00. The lowest BCUT2D eigenvalue weighted by atomic mass is 9.94. The molecule has 4 heteroatoms. The molecule has 0 spiro atoms. The van der Waals surface area contributed by atoms with Crippen LogP contribution in [-0.4, -0.2) is 16.8 Å². The summed E-state index contributed by atoms with van der Waals surface area (Å²) in [6.45, 7) is 3.90. The van der Waals surface area contributed by atoms with Gasteiger partial charge in [0.2, 0.25) is 11.8 Å². The van der Waals surface area contributed by atoms with Gasteiger partial charge < -0.3 is 0 Å². The number of pyridine rings is 1. The number of amides is 2. The molecule has 1 aromatic rings. The summed E-state index contributed by atoms with van der Waals surface area (Å²) in [4.78, 5) is 27.0. The highest BCUT2D eigenvalue weighted by Crippen LogP contribution is 2.23. The molecule has 4 nitrogen and oxygen atoms in total. The van der Waals surface area contributed by atoms with Crippen molar-refractivity contribution >= 4 is 11.8 Å². The molecule has 16 heavy (non-hydrogen) atoms. The molecule has 1 aliphatic rings. The number of nitrogens with zero attached hydrogens (tertiary/aromatic N) is 1. The smallest absolute Gasteiger partial charge is 0.235 e. The second-order valence-electron chi connectivity index (χ2n) is 4.14. The summed E-state index contributed by atoms with van der Waals surface area (Å²) in [7, 11) is 0. The molecule has 2 heterocycles. The van der Waals surface area contributed by atoms with E-state index in [4.69, 9.17) is 0 Å². The van der Waals surface area contributed by atoms with Crippen LogP contribution in [0.2, 0.25) is 0 Å². The van der Waals surface area contributed by atoms with Crippen LogP contribution in [0.15, 0.2) is 12.1 Å². The van der Waals surface area contributed by atoms with E-state index in [9.17, 15) is 9.59 Å². The van der Waals surface area contributed by atoms with Gasteiger partial charge in [-0.1, -0.05) is 6.07 Å². The number of nitrogens with one attached hydrogen (secondary N) is 1. The highest BCUT2D eigenvalue weighted by atomic mass is 16.2. The maximum atomic E-state index is 11.6. The molecule has 2 rings (SSSR count). The molecule has 1 unspecified atom stereocenters. The van der Waals surface area contributed by atoms with Crippen LogP contribution < -0.4 is 5.32 Å². The van der Waals surface area contributed by atoms with E-state index in [1.54, 1.807) is 0 Å². The van der Waals surface area contributed by atoms with Crippen molar-refractivity contribution in [2.45, 2.75) is 32.6 Å². The minimum atomic E-state index is -0.281. The number of rotatable bonds is 1. The Morgan fingerprint density at radius 3 is 2.69 bits per heavy atom. The van der Waals surface area contributed by atoms with Gasteiger partial charge in [0, 0.05) is 12.1 Å². The Bertz CT molecular complexity index is 454. The van der Waals surface area contributed by atoms with Crippen LogP contribution >= 0.6 is 0 Å². The van der Waals surface area contributed by atoms with E-state index >= 15 is 0 Å². The predicted molar refractivity (Wildman–Crippen MR) is 58.8 cm³/mol. The molecule has 84 valence electrons. The van der Waals surface area contributed by atoms with E-state index in [1.165, 1.54) is 0 Å². The average molecular weight is 218 g/mol. The van der Waals surface area contributed by atoms with Gasteiger partial charge in [-0.15, -0.1) is 0 Å². The van der Waals surface area contributed by atoms with E-state index in [0.29, 0.717) is 12.8 Å². The molecule has 0 bridgehead atoms. The van der Waals surface area contributed by atoms with Crippen LogP contribution in [0.1, 0.15) is 35.7 Å². The third kappa shape index (κ3) is 1.96. The Balaban J connectivity index is 2.27. The largest absolute Gasteiger partial charge is 0.296 e. The standard InChI is InChI=1S/C12H14N2O2/c1-7-3-5-10(13-8(7)2)9-4-6-11(15)14-12(9)16/h3,5,9H,4,6H2,1-2H3,(H,14,15,16). The summed E-state index contributed by atoms with van der Waals surface area (Å²) in [5.41, 5.74) is 2.80. The molecule has 1 aliphatic heterocycles. The summed E-state index contributed by atoms with van der Waals surface area (Å²) in [6.07, 6.45) is 0.950. The molecule has 1 N–H and O–H groups in total. The average Bonchev–Trinajstić information content (AvgIpc) is 2.22. The summed E-state index contributed by atoms with van der Waals surface area (Å²) in [5.74, 6) is -0.700. The molecule has 1 saturated heterocycles. The third-order valence-electron chi connectivity index (χ3n) is 2.97. The molecule has 1 aromatic heterocycles. The van der Waals surface area contributed by atoms with Gasteiger partial charge in [0.25, 0.3) is 0 Å². The Morgan fingerprint density at radius 2 is 2.06 bits per heavy atom. The van der Waals surface area contributed by atoms with Crippen LogP contribution in [0.3, 0.4) is 0 Å². The zero-order valence-corrected chi connectivity index (χ0v) is 9.41. The van der Waals surface area contributed by atoms with E-state index in [-0.39, 0.29) is 17.7 Å². The van der Waals surface area contributed by atoms with E-state index in [0.717, 1.165) is 17.0 Å². The number of imide groups is 1. The van der Waals surface area contributed by atoms with Crippen LogP contribution in [0, 0.1) is 13.8 Å². The van der Waals surface area contributed by atoms with Crippen molar-refractivity contribution < 1.29 is 9.59 Å². The van der Waals surface area contributed by atoms with Crippen molar-refractivity contribution in [3.05, 3.63) is 29.1 Å². The summed E-state index contributed by atoms with van der Waals surface area (Å²) in [6, 6.07) is 3.82. The maximum Gasteiger partial charge on any atom is 0.235 e. The first kappa shape index (κ1) is 10.8. The lowest BCUT2D eigenvalue weighted by Gasteiger charge is -2.20. The number of carbonyl (C=O) groups excluding carboxylic acids is 2. The van der Waals surface area contributed by atoms with Crippen LogP contribution in [0.4, 0.5) is 0 Å². The minimum absolute atomic E-state index is 0.190. The predicted octanol–water partition coefficient (Wildman–Crippen LogP) is 1.22. The Kier molecular flexibility index (Phi) is 2.73. The van der Waals surface area contributed by atoms with Crippen molar-refractivity contribution in [1.29, 1.82) is 0 Å². The molecule has 2 amide bonds. The molecular weight excluding hydrogens is 204 g/mol. The molecule has 1 atom stereocenters. The minimum Gasteiger partial charge on any atom is -0.296 e. The number of hydrogen-bond acceptors (Lipinski definition) is 3. The van der Waals surface area contributed by atoms with Crippen LogP contribution in [0.25, 0.3) is 0 Å². The summed E-state index contributed by atoms with van der Waals surface area (Å²) >= 11 is 0. The Labute approximate surface area is 94.1 Å². The number of aromatic nitrogens is 1. The van der Waals surface area contributed by atoms with Gasteiger partial charge in [0.05, 0.1) is 11.6 Å². The molecular formula is C12H14N2O2. The SMILES string of the molecule is Cc1ccc(C2CCC(=O)NC2=O)nc1C. The van der Waals surface area contributed by atoms with Crippen molar-refractivity contribution in [3.8, 4) is 0 Å². The third-order valence-corrected chi connectivity index (χ3v) is 2.97.